The maximum Gasteiger partial charge on any atom is 0.224 e. The molecule has 0 saturated heterocycles. The van der Waals surface area contributed by atoms with Crippen LogP contribution in [0.2, 0.25) is 5.02 Å². The van der Waals surface area contributed by atoms with Crippen LogP contribution >= 0.6 is 11.6 Å². The number of nitrogens with zero attached hydrogens (tertiary/aromatic N) is 1. The molecule has 1 aromatic heterocycles. The number of carbonyl (C=O) groups excluding carboxylic acids is 1. The highest BCUT2D eigenvalue weighted by Gasteiger charge is 2.13. The van der Waals surface area contributed by atoms with E-state index in [2.05, 4.69) is 10.3 Å². The van der Waals surface area contributed by atoms with Crippen LogP contribution in [0.15, 0.2) is 83.4 Å². The zero-order chi connectivity index (χ0) is 23.0. The number of rotatable bonds is 9. The first-order valence-corrected chi connectivity index (χ1v) is 11.0. The van der Waals surface area contributed by atoms with Crippen molar-refractivity contribution in [3.05, 3.63) is 89.9 Å². The van der Waals surface area contributed by atoms with E-state index in [1.54, 1.807) is 24.4 Å². The van der Waals surface area contributed by atoms with Crippen LogP contribution in [-0.2, 0) is 11.2 Å². The van der Waals surface area contributed by atoms with Gasteiger partial charge >= 0.3 is 0 Å². The van der Waals surface area contributed by atoms with Gasteiger partial charge in [-0.05, 0) is 61.5 Å². The lowest BCUT2D eigenvalue weighted by Crippen LogP contribution is -2.13. The van der Waals surface area contributed by atoms with Crippen molar-refractivity contribution in [2.24, 2.45) is 0 Å². The van der Waals surface area contributed by atoms with Crippen LogP contribution in [0.4, 0.5) is 5.69 Å². The van der Waals surface area contributed by atoms with E-state index in [9.17, 15) is 4.79 Å². The standard InChI is InChI=1S/C26H23ClN2O4/c1-2-31-20-11-8-18(9-12-20)24-17-28-26(33-24)15-14-25(30)29-22-16-19(27)10-13-23(22)32-21-6-4-3-5-7-21/h3-13,16-17H,2,14-15H2,1H3,(H,29,30). The Morgan fingerprint density at radius 2 is 1.82 bits per heavy atom. The van der Waals surface area contributed by atoms with Crippen molar-refractivity contribution < 1.29 is 18.7 Å². The van der Waals surface area contributed by atoms with Crippen LogP contribution in [0.25, 0.3) is 11.3 Å². The van der Waals surface area contributed by atoms with Crippen molar-refractivity contribution in [1.82, 2.24) is 4.98 Å². The Balaban J connectivity index is 1.37. The highest BCUT2D eigenvalue weighted by atomic mass is 35.5. The molecular weight excluding hydrogens is 440 g/mol. The fourth-order valence-electron chi connectivity index (χ4n) is 3.18. The number of oxazole rings is 1. The van der Waals surface area contributed by atoms with E-state index in [-0.39, 0.29) is 12.3 Å². The van der Waals surface area contributed by atoms with Gasteiger partial charge in [0.05, 0.1) is 18.5 Å². The molecule has 168 valence electrons. The molecule has 33 heavy (non-hydrogen) atoms. The quantitative estimate of drug-likeness (QED) is 0.297. The van der Waals surface area contributed by atoms with Crippen molar-refractivity contribution >= 4 is 23.2 Å². The number of aryl methyl sites for hydroxylation is 1. The maximum absolute atomic E-state index is 12.6. The lowest BCUT2D eigenvalue weighted by molar-refractivity contribution is -0.116. The number of para-hydroxylation sites is 1. The summed E-state index contributed by atoms with van der Waals surface area (Å²) in [4.78, 5) is 16.9. The van der Waals surface area contributed by atoms with Gasteiger partial charge in [0.1, 0.15) is 11.5 Å². The van der Waals surface area contributed by atoms with E-state index in [1.165, 1.54) is 0 Å². The lowest BCUT2D eigenvalue weighted by atomic mass is 10.2. The first kappa shape index (κ1) is 22.4. The topological polar surface area (TPSA) is 73.6 Å². The number of carbonyl (C=O) groups is 1. The van der Waals surface area contributed by atoms with Gasteiger partial charge in [-0.25, -0.2) is 4.98 Å². The fraction of sp³-hybridized carbons (Fsp3) is 0.154. The molecule has 0 fully saturated rings. The highest BCUT2D eigenvalue weighted by molar-refractivity contribution is 6.31. The Hall–Kier alpha value is -3.77. The molecule has 4 rings (SSSR count). The number of aromatic nitrogens is 1. The molecule has 1 heterocycles. The molecule has 0 aliphatic heterocycles. The van der Waals surface area contributed by atoms with Crippen molar-refractivity contribution in [2.75, 3.05) is 11.9 Å². The molecule has 0 unspecified atom stereocenters. The minimum atomic E-state index is -0.198. The number of benzene rings is 3. The Kier molecular flexibility index (Phi) is 7.27. The van der Waals surface area contributed by atoms with Crippen molar-refractivity contribution in [3.63, 3.8) is 0 Å². The van der Waals surface area contributed by atoms with Gasteiger partial charge in [0, 0.05) is 23.4 Å². The number of anilines is 1. The number of hydrogen-bond donors (Lipinski definition) is 1. The van der Waals surface area contributed by atoms with Crippen LogP contribution in [0.3, 0.4) is 0 Å². The van der Waals surface area contributed by atoms with Crippen LogP contribution in [-0.4, -0.2) is 17.5 Å². The van der Waals surface area contributed by atoms with E-state index < -0.39 is 0 Å². The summed E-state index contributed by atoms with van der Waals surface area (Å²) >= 11 is 6.12. The molecule has 4 aromatic rings. The molecule has 1 N–H and O–H groups in total. The Bertz CT molecular complexity index is 1210. The summed E-state index contributed by atoms with van der Waals surface area (Å²) in [5.74, 6) is 2.90. The van der Waals surface area contributed by atoms with Crippen LogP contribution < -0.4 is 14.8 Å². The van der Waals surface area contributed by atoms with Crippen LogP contribution in [0.1, 0.15) is 19.2 Å². The number of hydrogen-bond acceptors (Lipinski definition) is 5. The summed E-state index contributed by atoms with van der Waals surface area (Å²) in [5.41, 5.74) is 1.39. The summed E-state index contributed by atoms with van der Waals surface area (Å²) in [6.45, 7) is 2.55. The predicted octanol–water partition coefficient (Wildman–Crippen LogP) is 6.76. The summed E-state index contributed by atoms with van der Waals surface area (Å²) in [5, 5.41) is 3.37. The third kappa shape index (κ3) is 6.14. The van der Waals surface area contributed by atoms with E-state index in [1.807, 2.05) is 61.5 Å². The summed E-state index contributed by atoms with van der Waals surface area (Å²) in [6, 6.07) is 22.0. The van der Waals surface area contributed by atoms with Gasteiger partial charge in [0.2, 0.25) is 5.91 Å². The molecule has 7 heteroatoms. The monoisotopic (exact) mass is 462 g/mol. The molecule has 1 amide bonds. The van der Waals surface area contributed by atoms with Crippen molar-refractivity contribution in [2.45, 2.75) is 19.8 Å². The minimum absolute atomic E-state index is 0.195. The molecule has 6 nitrogen and oxygen atoms in total. The molecule has 0 bridgehead atoms. The summed E-state index contributed by atoms with van der Waals surface area (Å²) in [7, 11) is 0. The first-order valence-electron chi connectivity index (χ1n) is 10.6. The second-order valence-corrected chi connectivity index (χ2v) is 7.62. The van der Waals surface area contributed by atoms with E-state index >= 15 is 0 Å². The van der Waals surface area contributed by atoms with Gasteiger partial charge in [0.25, 0.3) is 0 Å². The Morgan fingerprint density at radius 1 is 1.03 bits per heavy atom. The SMILES string of the molecule is CCOc1ccc(-c2cnc(CCC(=O)Nc3cc(Cl)ccc3Oc3ccccc3)o2)cc1. The predicted molar refractivity (Wildman–Crippen MR) is 128 cm³/mol. The molecule has 0 radical (unpaired) electrons. The molecule has 0 aliphatic carbocycles. The first-order chi connectivity index (χ1) is 16.1. The van der Waals surface area contributed by atoms with E-state index in [0.29, 0.717) is 46.9 Å². The number of ether oxygens (including phenoxy) is 2. The molecule has 0 saturated carbocycles. The molecular formula is C26H23ClN2O4. The smallest absolute Gasteiger partial charge is 0.224 e. The van der Waals surface area contributed by atoms with Crippen molar-refractivity contribution in [3.8, 4) is 28.6 Å². The summed E-state index contributed by atoms with van der Waals surface area (Å²) in [6.07, 6.45) is 2.21. The largest absolute Gasteiger partial charge is 0.494 e. The van der Waals surface area contributed by atoms with E-state index in [0.717, 1.165) is 11.3 Å². The Labute approximate surface area is 197 Å². The van der Waals surface area contributed by atoms with Crippen LogP contribution in [0, 0.1) is 0 Å². The van der Waals surface area contributed by atoms with E-state index in [4.69, 9.17) is 25.5 Å². The average molecular weight is 463 g/mol. The van der Waals surface area contributed by atoms with Crippen molar-refractivity contribution in [1.29, 1.82) is 0 Å². The fourth-order valence-corrected chi connectivity index (χ4v) is 3.35. The average Bonchev–Trinajstić information content (AvgIpc) is 3.30. The van der Waals surface area contributed by atoms with Gasteiger partial charge in [-0.3, -0.25) is 4.79 Å². The zero-order valence-corrected chi connectivity index (χ0v) is 18.8. The summed E-state index contributed by atoms with van der Waals surface area (Å²) < 4.78 is 17.2. The third-order valence-corrected chi connectivity index (χ3v) is 4.99. The lowest BCUT2D eigenvalue weighted by Gasteiger charge is -2.12. The second kappa shape index (κ2) is 10.7. The Morgan fingerprint density at radius 3 is 2.58 bits per heavy atom. The highest BCUT2D eigenvalue weighted by Crippen LogP contribution is 2.32. The molecule has 0 atom stereocenters. The number of amides is 1. The maximum atomic E-state index is 12.6. The number of nitrogens with one attached hydrogen (secondary N) is 1. The van der Waals surface area contributed by atoms with Gasteiger partial charge in [-0.15, -0.1) is 0 Å². The van der Waals surface area contributed by atoms with Gasteiger partial charge < -0.3 is 19.2 Å². The number of halogens is 1. The molecule has 0 aliphatic rings. The van der Waals surface area contributed by atoms with Gasteiger partial charge in [-0.1, -0.05) is 29.8 Å². The molecule has 0 spiro atoms. The van der Waals surface area contributed by atoms with Crippen LogP contribution in [0.5, 0.6) is 17.2 Å². The molecule has 3 aromatic carbocycles. The van der Waals surface area contributed by atoms with Gasteiger partial charge in [-0.2, -0.15) is 0 Å². The third-order valence-electron chi connectivity index (χ3n) is 4.76. The second-order valence-electron chi connectivity index (χ2n) is 7.18. The zero-order valence-electron chi connectivity index (χ0n) is 18.1. The van der Waals surface area contributed by atoms with Gasteiger partial charge in [0.15, 0.2) is 17.4 Å². The normalized spacial score (nSPS) is 10.6. The minimum Gasteiger partial charge on any atom is -0.494 e.